The molecule has 7 nitrogen and oxygen atoms in total. The third-order valence-electron chi connectivity index (χ3n) is 3.00. The number of rotatable bonds is 4. The second-order valence-electron chi connectivity index (χ2n) is 4.66. The van der Waals surface area contributed by atoms with E-state index in [1.807, 2.05) is 0 Å². The Hall–Kier alpha value is -2.15. The minimum absolute atomic E-state index is 0.0872. The fraction of sp³-hybridized carbons (Fsp3) is 0.462. The number of aryl methyl sites for hydroxylation is 1. The van der Waals surface area contributed by atoms with Crippen LogP contribution in [0.1, 0.15) is 12.0 Å². The van der Waals surface area contributed by atoms with Gasteiger partial charge < -0.3 is 14.7 Å². The summed E-state index contributed by atoms with van der Waals surface area (Å²) in [4.78, 5) is 24.3. The number of carboxylic acid groups (broad SMARTS) is 1. The van der Waals surface area contributed by atoms with Crippen LogP contribution in [0.3, 0.4) is 0 Å². The molecule has 1 fully saturated rings. The molecule has 2 heterocycles. The van der Waals surface area contributed by atoms with Crippen molar-refractivity contribution in [2.24, 2.45) is 7.05 Å². The van der Waals surface area contributed by atoms with E-state index in [-0.39, 0.29) is 12.3 Å². The van der Waals surface area contributed by atoms with Crippen molar-refractivity contribution in [1.29, 1.82) is 0 Å². The highest BCUT2D eigenvalue weighted by Crippen LogP contribution is 2.10. The first kappa shape index (κ1) is 14.3. The van der Waals surface area contributed by atoms with E-state index in [4.69, 9.17) is 9.84 Å². The Labute approximate surface area is 116 Å². The van der Waals surface area contributed by atoms with Crippen molar-refractivity contribution in [3.8, 4) is 0 Å². The van der Waals surface area contributed by atoms with E-state index in [9.17, 15) is 9.59 Å². The predicted molar refractivity (Wildman–Crippen MR) is 70.8 cm³/mol. The first-order valence-corrected chi connectivity index (χ1v) is 6.33. The summed E-state index contributed by atoms with van der Waals surface area (Å²) in [5.74, 6) is -1.07. The van der Waals surface area contributed by atoms with E-state index in [0.717, 1.165) is 5.56 Å². The van der Waals surface area contributed by atoms with Crippen LogP contribution in [0.25, 0.3) is 6.08 Å². The number of aliphatic carboxylic acids is 1. The monoisotopic (exact) mass is 279 g/mol. The van der Waals surface area contributed by atoms with Gasteiger partial charge in [0, 0.05) is 38.0 Å². The predicted octanol–water partition coefficient (Wildman–Crippen LogP) is 0.135. The smallest absolute Gasteiger partial charge is 0.306 e. The maximum atomic E-state index is 12.0. The van der Waals surface area contributed by atoms with Gasteiger partial charge in [0.05, 0.1) is 25.3 Å². The fourth-order valence-corrected chi connectivity index (χ4v) is 2.04. The molecule has 1 N–H and O–H groups in total. The second-order valence-corrected chi connectivity index (χ2v) is 4.66. The zero-order valence-electron chi connectivity index (χ0n) is 11.2. The van der Waals surface area contributed by atoms with Gasteiger partial charge in [0.1, 0.15) is 0 Å². The number of hydrogen-bond donors (Lipinski definition) is 1. The molecule has 1 aliphatic rings. The van der Waals surface area contributed by atoms with Crippen LogP contribution in [0, 0.1) is 0 Å². The molecule has 7 heteroatoms. The van der Waals surface area contributed by atoms with Crippen molar-refractivity contribution in [3.63, 3.8) is 0 Å². The lowest BCUT2D eigenvalue weighted by molar-refractivity contribution is -0.145. The van der Waals surface area contributed by atoms with Gasteiger partial charge in [0.25, 0.3) is 0 Å². The van der Waals surface area contributed by atoms with Crippen LogP contribution in [0.2, 0.25) is 0 Å². The first-order valence-electron chi connectivity index (χ1n) is 6.33. The highest BCUT2D eigenvalue weighted by atomic mass is 16.5. The summed E-state index contributed by atoms with van der Waals surface area (Å²) in [6.45, 7) is 1.15. The van der Waals surface area contributed by atoms with Crippen LogP contribution < -0.4 is 0 Å². The fourth-order valence-electron chi connectivity index (χ4n) is 2.04. The van der Waals surface area contributed by atoms with E-state index < -0.39 is 12.1 Å². The minimum atomic E-state index is -0.921. The topological polar surface area (TPSA) is 84.7 Å². The van der Waals surface area contributed by atoms with Gasteiger partial charge in [0.15, 0.2) is 0 Å². The third-order valence-corrected chi connectivity index (χ3v) is 3.00. The van der Waals surface area contributed by atoms with E-state index in [0.29, 0.717) is 19.7 Å². The van der Waals surface area contributed by atoms with E-state index >= 15 is 0 Å². The molecule has 1 aliphatic heterocycles. The standard InChI is InChI=1S/C13H17N3O4/c1-15-8-10(7-14-15)2-3-12(17)16-4-5-20-11(9-16)6-13(18)19/h2-3,7-8,11H,4-6,9H2,1H3,(H,18,19). The summed E-state index contributed by atoms with van der Waals surface area (Å²) in [6, 6.07) is 0. The van der Waals surface area contributed by atoms with Crippen LogP contribution in [-0.4, -0.2) is 57.5 Å². The number of carbonyl (C=O) groups is 2. The molecule has 0 bridgehead atoms. The molecule has 108 valence electrons. The van der Waals surface area contributed by atoms with Gasteiger partial charge in [-0.3, -0.25) is 14.3 Å². The SMILES string of the molecule is Cn1cc(C=CC(=O)N2CCOC(CC(=O)O)C2)cn1. The molecule has 0 aromatic carbocycles. The Kier molecular flexibility index (Phi) is 4.52. The molecule has 1 atom stereocenters. The van der Waals surface area contributed by atoms with E-state index in [1.165, 1.54) is 6.08 Å². The second kappa shape index (κ2) is 6.33. The average Bonchev–Trinajstić information content (AvgIpc) is 2.81. The number of carbonyl (C=O) groups excluding carboxylic acids is 1. The zero-order chi connectivity index (χ0) is 14.5. The third kappa shape index (κ3) is 3.92. The molecule has 0 spiro atoms. The normalized spacial score (nSPS) is 19.4. The highest BCUT2D eigenvalue weighted by molar-refractivity contribution is 5.91. The Bertz CT molecular complexity index is 523. The zero-order valence-corrected chi connectivity index (χ0v) is 11.2. The number of amides is 1. The van der Waals surface area contributed by atoms with Gasteiger partial charge in [-0.1, -0.05) is 0 Å². The van der Waals surface area contributed by atoms with Crippen LogP contribution in [0.15, 0.2) is 18.5 Å². The summed E-state index contributed by atoms with van der Waals surface area (Å²) >= 11 is 0. The van der Waals surface area contributed by atoms with Crippen LogP contribution >= 0.6 is 0 Å². The number of morpholine rings is 1. The van der Waals surface area contributed by atoms with Gasteiger partial charge in [-0.05, 0) is 6.08 Å². The van der Waals surface area contributed by atoms with Gasteiger partial charge in [-0.25, -0.2) is 0 Å². The Morgan fingerprint density at radius 1 is 1.60 bits per heavy atom. The Balaban J connectivity index is 1.91. The number of carboxylic acids is 1. The molecule has 0 radical (unpaired) electrons. The van der Waals surface area contributed by atoms with Gasteiger partial charge >= 0.3 is 5.97 Å². The van der Waals surface area contributed by atoms with Gasteiger partial charge in [0.2, 0.25) is 5.91 Å². The van der Waals surface area contributed by atoms with Gasteiger partial charge in [-0.2, -0.15) is 5.10 Å². The summed E-state index contributed by atoms with van der Waals surface area (Å²) < 4.78 is 6.98. The lowest BCUT2D eigenvalue weighted by Crippen LogP contribution is -2.45. The summed E-state index contributed by atoms with van der Waals surface area (Å²) in [7, 11) is 1.80. The lowest BCUT2D eigenvalue weighted by Gasteiger charge is -2.31. The van der Waals surface area contributed by atoms with Crippen molar-refractivity contribution in [2.75, 3.05) is 19.7 Å². The molecular formula is C13H17N3O4. The molecule has 1 aromatic rings. The molecular weight excluding hydrogens is 262 g/mol. The van der Waals surface area contributed by atoms with Crippen LogP contribution in [0.5, 0.6) is 0 Å². The van der Waals surface area contributed by atoms with Crippen molar-refractivity contribution in [3.05, 3.63) is 24.0 Å². The van der Waals surface area contributed by atoms with E-state index in [1.54, 1.807) is 35.1 Å². The Morgan fingerprint density at radius 2 is 2.40 bits per heavy atom. The Morgan fingerprint density at radius 3 is 3.05 bits per heavy atom. The molecule has 1 saturated heterocycles. The van der Waals surface area contributed by atoms with Crippen molar-refractivity contribution in [2.45, 2.75) is 12.5 Å². The maximum Gasteiger partial charge on any atom is 0.306 e. The lowest BCUT2D eigenvalue weighted by atomic mass is 10.2. The summed E-state index contributed by atoms with van der Waals surface area (Å²) in [5.41, 5.74) is 0.844. The number of hydrogen-bond acceptors (Lipinski definition) is 4. The number of ether oxygens (including phenoxy) is 1. The van der Waals surface area contributed by atoms with Crippen molar-refractivity contribution >= 4 is 18.0 Å². The van der Waals surface area contributed by atoms with Crippen molar-refractivity contribution in [1.82, 2.24) is 14.7 Å². The highest BCUT2D eigenvalue weighted by Gasteiger charge is 2.24. The number of nitrogens with zero attached hydrogens (tertiary/aromatic N) is 3. The molecule has 1 aromatic heterocycles. The van der Waals surface area contributed by atoms with Crippen LogP contribution in [0.4, 0.5) is 0 Å². The molecule has 20 heavy (non-hydrogen) atoms. The van der Waals surface area contributed by atoms with Crippen LogP contribution in [-0.2, 0) is 21.4 Å². The quantitative estimate of drug-likeness (QED) is 0.792. The number of aromatic nitrogens is 2. The largest absolute Gasteiger partial charge is 0.481 e. The van der Waals surface area contributed by atoms with Crippen molar-refractivity contribution < 1.29 is 19.4 Å². The molecule has 2 rings (SSSR count). The molecule has 0 saturated carbocycles. The van der Waals surface area contributed by atoms with Gasteiger partial charge in [-0.15, -0.1) is 0 Å². The average molecular weight is 279 g/mol. The molecule has 1 unspecified atom stereocenters. The van der Waals surface area contributed by atoms with E-state index in [2.05, 4.69) is 5.10 Å². The first-order chi connectivity index (χ1) is 9.54. The minimum Gasteiger partial charge on any atom is -0.481 e. The summed E-state index contributed by atoms with van der Waals surface area (Å²) in [6.07, 6.45) is 6.11. The summed E-state index contributed by atoms with van der Waals surface area (Å²) in [5, 5.41) is 12.7. The maximum absolute atomic E-state index is 12.0. The molecule has 0 aliphatic carbocycles. The molecule has 1 amide bonds.